The molecule has 4 heterocycles. The van der Waals surface area contributed by atoms with Gasteiger partial charge in [0, 0.05) is 28.5 Å². The van der Waals surface area contributed by atoms with Gasteiger partial charge < -0.3 is 35.1 Å². The number of nitrogens with zero attached hydrogens (tertiary/aromatic N) is 2. The van der Waals surface area contributed by atoms with Crippen molar-refractivity contribution in [1.29, 1.82) is 0 Å². The number of carbonyl (C=O) groups is 4. The predicted molar refractivity (Wildman–Crippen MR) is 201 cm³/mol. The van der Waals surface area contributed by atoms with Gasteiger partial charge in [0.05, 0.1) is 41.6 Å². The molecule has 14 heteroatoms. The van der Waals surface area contributed by atoms with Crippen molar-refractivity contribution in [2.75, 3.05) is 13.3 Å². The molecule has 1 saturated carbocycles. The summed E-state index contributed by atoms with van der Waals surface area (Å²) in [4.78, 5) is 71.0. The van der Waals surface area contributed by atoms with E-state index in [0.29, 0.717) is 60.1 Å². The molecule has 0 radical (unpaired) electrons. The van der Waals surface area contributed by atoms with E-state index in [-0.39, 0.29) is 61.7 Å². The van der Waals surface area contributed by atoms with Gasteiger partial charge in [0.2, 0.25) is 11.8 Å². The maximum Gasteiger partial charge on any atom is 0.343 e. The molecule has 0 unspecified atom stereocenters. The van der Waals surface area contributed by atoms with Gasteiger partial charge in [0.15, 0.2) is 5.60 Å². The van der Waals surface area contributed by atoms with Crippen LogP contribution in [0.2, 0.25) is 0 Å². The van der Waals surface area contributed by atoms with Crippen LogP contribution in [0.15, 0.2) is 47.3 Å². The van der Waals surface area contributed by atoms with Gasteiger partial charge in [-0.2, -0.15) is 0 Å². The summed E-state index contributed by atoms with van der Waals surface area (Å²) in [5, 5.41) is 20.6. The van der Waals surface area contributed by atoms with Crippen LogP contribution in [0.4, 0.5) is 4.39 Å². The molecule has 2 aromatic heterocycles. The molecule has 8 rings (SSSR count). The molecule has 2 aromatic carbocycles. The number of fused-ring (bicyclic) bond motifs is 5. The summed E-state index contributed by atoms with van der Waals surface area (Å²) < 4.78 is 28.2. The number of pyridine rings is 2. The minimum absolute atomic E-state index is 0.00846. The lowest BCUT2D eigenvalue weighted by Crippen LogP contribution is -2.56. The summed E-state index contributed by atoms with van der Waals surface area (Å²) in [5.74, 6) is -2.62. The standard InChI is InChI=1S/C42H44FN5O8/c1-4-42(54)28-16-32-36-26(19-48(32)38(51)27(28)20-55-40(42)53)35-30(12-11-25-23(3)29(43)17-31(46-36)34(25)35)47-39(52)41(13-8-14-41)56-21-45-33(49)18-44-37(50)22(2)15-24-9-6-5-7-10-24/h5-7,9-10,16-17,22,30,54H,4,8,11-15,18-21H2,1-3H3,(H,44,50)(H,45,49)(H,47,52)/t22-,30-,42-/m0/s1. The first-order chi connectivity index (χ1) is 26.8. The first-order valence-electron chi connectivity index (χ1n) is 19.2. The highest BCUT2D eigenvalue weighted by Gasteiger charge is 2.48. The van der Waals surface area contributed by atoms with Crippen LogP contribution in [0.5, 0.6) is 0 Å². The van der Waals surface area contributed by atoms with Gasteiger partial charge in [-0.25, -0.2) is 14.2 Å². The molecule has 13 nitrogen and oxygen atoms in total. The Balaban J connectivity index is 1.02. The number of rotatable bonds is 11. The van der Waals surface area contributed by atoms with Crippen molar-refractivity contribution in [2.45, 2.75) is 96.1 Å². The van der Waals surface area contributed by atoms with E-state index in [1.165, 1.54) is 10.6 Å². The van der Waals surface area contributed by atoms with Crippen molar-refractivity contribution < 1.29 is 38.1 Å². The molecule has 0 saturated heterocycles. The fourth-order valence-corrected chi connectivity index (χ4v) is 8.64. The van der Waals surface area contributed by atoms with E-state index < -0.39 is 40.5 Å². The Bertz CT molecular complexity index is 2370. The van der Waals surface area contributed by atoms with E-state index in [4.69, 9.17) is 14.5 Å². The molecule has 292 valence electrons. The SMILES string of the molecule is CC[C@@]1(O)C(=O)OCc2c1cc1n(c2=O)Cc2c-1nc1cc(F)c(C)c3c1c2[C@@H](NC(=O)C1(OCNC(=O)CNC(=O)[C@@H](C)Cc2ccccc2)CCC1)CC3. The van der Waals surface area contributed by atoms with Crippen LogP contribution in [0.1, 0.15) is 90.9 Å². The average molecular weight is 766 g/mol. The highest BCUT2D eigenvalue weighted by molar-refractivity contribution is 5.95. The van der Waals surface area contributed by atoms with E-state index in [1.807, 2.05) is 30.3 Å². The van der Waals surface area contributed by atoms with Gasteiger partial charge in [-0.15, -0.1) is 0 Å². The smallest absolute Gasteiger partial charge is 0.343 e. The van der Waals surface area contributed by atoms with Crippen LogP contribution in [0, 0.1) is 18.7 Å². The van der Waals surface area contributed by atoms with Gasteiger partial charge in [0.1, 0.15) is 24.8 Å². The van der Waals surface area contributed by atoms with Crippen molar-refractivity contribution in [3.63, 3.8) is 0 Å². The van der Waals surface area contributed by atoms with Crippen LogP contribution in [-0.4, -0.2) is 57.2 Å². The van der Waals surface area contributed by atoms with Gasteiger partial charge in [-0.3, -0.25) is 19.2 Å². The summed E-state index contributed by atoms with van der Waals surface area (Å²) >= 11 is 0. The lowest BCUT2D eigenvalue weighted by molar-refractivity contribution is -0.172. The van der Waals surface area contributed by atoms with Crippen molar-refractivity contribution in [3.8, 4) is 11.4 Å². The number of benzene rings is 2. The highest BCUT2D eigenvalue weighted by Crippen LogP contribution is 2.46. The molecule has 4 N–H and O–H groups in total. The summed E-state index contributed by atoms with van der Waals surface area (Å²) in [7, 11) is 0. The van der Waals surface area contributed by atoms with Gasteiger partial charge in [-0.1, -0.05) is 44.2 Å². The maximum absolute atomic E-state index is 15.4. The van der Waals surface area contributed by atoms with Crippen molar-refractivity contribution >= 4 is 34.6 Å². The summed E-state index contributed by atoms with van der Waals surface area (Å²) in [6, 6.07) is 12.1. The first-order valence-corrected chi connectivity index (χ1v) is 19.2. The predicted octanol–water partition coefficient (Wildman–Crippen LogP) is 3.64. The normalized spacial score (nSPS) is 20.5. The van der Waals surface area contributed by atoms with E-state index in [9.17, 15) is 29.1 Å². The number of cyclic esters (lactones) is 1. The van der Waals surface area contributed by atoms with Gasteiger partial charge in [-0.05, 0) is 80.2 Å². The highest BCUT2D eigenvalue weighted by atomic mass is 19.1. The zero-order valence-electron chi connectivity index (χ0n) is 31.6. The fraction of sp³-hybridized carbons (Fsp3) is 0.429. The molecule has 2 aliphatic carbocycles. The van der Waals surface area contributed by atoms with Crippen LogP contribution in [-0.2, 0) is 60.2 Å². The van der Waals surface area contributed by atoms with E-state index in [1.54, 1.807) is 26.8 Å². The molecule has 56 heavy (non-hydrogen) atoms. The molecule has 4 aliphatic rings. The number of aliphatic hydroxyl groups is 1. The van der Waals surface area contributed by atoms with Gasteiger partial charge in [0.25, 0.3) is 11.5 Å². The Kier molecular flexibility index (Phi) is 9.52. The lowest BCUT2D eigenvalue weighted by Gasteiger charge is -2.41. The largest absolute Gasteiger partial charge is 0.458 e. The number of nitrogens with one attached hydrogen (secondary N) is 3. The molecule has 3 amide bonds. The average Bonchev–Trinajstić information content (AvgIpc) is 3.54. The first kappa shape index (κ1) is 37.5. The van der Waals surface area contributed by atoms with E-state index in [2.05, 4.69) is 16.0 Å². The van der Waals surface area contributed by atoms with Crippen LogP contribution < -0.4 is 21.5 Å². The third-order valence-corrected chi connectivity index (χ3v) is 12.1. The summed E-state index contributed by atoms with van der Waals surface area (Å²) in [6.45, 7) is 4.53. The lowest BCUT2D eigenvalue weighted by atomic mass is 9.77. The number of ether oxygens (including phenoxy) is 2. The molecule has 3 atom stereocenters. The van der Waals surface area contributed by atoms with Crippen LogP contribution >= 0.6 is 0 Å². The minimum atomic E-state index is -2.01. The zero-order chi connectivity index (χ0) is 39.5. The molecule has 2 aliphatic heterocycles. The molecule has 4 aromatic rings. The number of aryl methyl sites for hydroxylation is 1. The van der Waals surface area contributed by atoms with Crippen molar-refractivity contribution in [3.05, 3.63) is 97.6 Å². The second-order valence-corrected chi connectivity index (χ2v) is 15.4. The van der Waals surface area contributed by atoms with Crippen molar-refractivity contribution in [2.24, 2.45) is 5.92 Å². The Morgan fingerprint density at radius 3 is 2.59 bits per heavy atom. The topological polar surface area (TPSA) is 178 Å². The third kappa shape index (κ3) is 6.15. The number of hydrogen-bond donors (Lipinski definition) is 4. The van der Waals surface area contributed by atoms with E-state index in [0.717, 1.165) is 28.5 Å². The number of halogens is 1. The molecule has 0 spiro atoms. The Morgan fingerprint density at radius 1 is 1.11 bits per heavy atom. The van der Waals surface area contributed by atoms with Gasteiger partial charge >= 0.3 is 5.97 Å². The summed E-state index contributed by atoms with van der Waals surface area (Å²) in [5.41, 5.74) is 1.66. The Morgan fingerprint density at radius 2 is 1.88 bits per heavy atom. The second-order valence-electron chi connectivity index (χ2n) is 15.4. The monoisotopic (exact) mass is 765 g/mol. The number of hydrogen-bond acceptors (Lipinski definition) is 9. The number of aromatic nitrogens is 2. The minimum Gasteiger partial charge on any atom is -0.458 e. The fourth-order valence-electron chi connectivity index (χ4n) is 8.64. The Hall–Kier alpha value is -5.47. The van der Waals surface area contributed by atoms with Crippen molar-refractivity contribution in [1.82, 2.24) is 25.5 Å². The third-order valence-electron chi connectivity index (χ3n) is 12.1. The number of esters is 1. The van der Waals surface area contributed by atoms with Crippen LogP contribution in [0.25, 0.3) is 22.3 Å². The Labute approximate surface area is 322 Å². The number of carbonyl (C=O) groups excluding carboxylic acids is 4. The maximum atomic E-state index is 15.4. The molecular weight excluding hydrogens is 721 g/mol. The van der Waals surface area contributed by atoms with Crippen LogP contribution in [0.3, 0.4) is 0 Å². The second kappa shape index (κ2) is 14.2. The molecular formula is C42H44FN5O8. The zero-order valence-corrected chi connectivity index (χ0v) is 31.6. The quantitative estimate of drug-likeness (QED) is 0.116. The summed E-state index contributed by atoms with van der Waals surface area (Å²) in [6.07, 6.45) is 3.08. The molecule has 1 fully saturated rings. The number of amides is 3. The van der Waals surface area contributed by atoms with E-state index >= 15 is 4.39 Å². The molecule has 0 bridgehead atoms.